The first-order valence-corrected chi connectivity index (χ1v) is 11.6. The van der Waals surface area contributed by atoms with Crippen LogP contribution in [0.4, 0.5) is 0 Å². The normalized spacial score (nSPS) is 18.0. The van der Waals surface area contributed by atoms with Crippen LogP contribution in [-0.4, -0.2) is 30.0 Å². The highest BCUT2D eigenvalue weighted by Gasteiger charge is 2.33. The number of aryl methyl sites for hydroxylation is 1. The van der Waals surface area contributed by atoms with Crippen LogP contribution in [0.5, 0.6) is 5.75 Å². The van der Waals surface area contributed by atoms with Crippen LogP contribution in [0.1, 0.15) is 42.1 Å². The number of amides is 1. The zero-order valence-electron chi connectivity index (χ0n) is 18.6. The van der Waals surface area contributed by atoms with E-state index in [0.29, 0.717) is 13.2 Å². The van der Waals surface area contributed by atoms with E-state index in [1.54, 1.807) is 0 Å². The average Bonchev–Trinajstić information content (AvgIpc) is 2.86. The van der Waals surface area contributed by atoms with Gasteiger partial charge in [0.15, 0.2) is 0 Å². The zero-order valence-corrected chi connectivity index (χ0v) is 18.6. The molecule has 2 aliphatic rings. The van der Waals surface area contributed by atoms with Gasteiger partial charge >= 0.3 is 0 Å². The van der Waals surface area contributed by atoms with Crippen LogP contribution in [0.3, 0.4) is 0 Å². The maximum Gasteiger partial charge on any atom is 0.255 e. The van der Waals surface area contributed by atoms with Crippen molar-refractivity contribution >= 4 is 16.7 Å². The molecule has 3 aromatic carbocycles. The van der Waals surface area contributed by atoms with Crippen LogP contribution in [0.15, 0.2) is 90.0 Å². The summed E-state index contributed by atoms with van der Waals surface area (Å²) in [4.78, 5) is 15.8. The predicted octanol–water partition coefficient (Wildman–Crippen LogP) is 6.34. The van der Waals surface area contributed by atoms with Crippen LogP contribution in [0, 0.1) is 0 Å². The van der Waals surface area contributed by atoms with Crippen molar-refractivity contribution in [1.29, 1.82) is 0 Å². The summed E-state index contributed by atoms with van der Waals surface area (Å²) in [6.07, 6.45) is 8.65. The highest BCUT2D eigenvalue weighted by molar-refractivity contribution is 6.07. The Kier molecular flexibility index (Phi) is 5.81. The number of rotatable bonds is 5. The third-order valence-electron chi connectivity index (χ3n) is 6.65. The molecule has 1 fully saturated rings. The fourth-order valence-electron chi connectivity index (χ4n) is 4.80. The minimum atomic E-state index is 0.00817. The molecule has 0 spiro atoms. The lowest BCUT2D eigenvalue weighted by molar-refractivity contribution is 0.0615. The summed E-state index contributed by atoms with van der Waals surface area (Å²) in [5, 5.41) is 2.10. The molecule has 0 unspecified atom stereocenters. The van der Waals surface area contributed by atoms with Gasteiger partial charge in [0.1, 0.15) is 12.4 Å². The second kappa shape index (κ2) is 9.04. The van der Waals surface area contributed by atoms with Crippen molar-refractivity contribution in [2.24, 2.45) is 0 Å². The molecular formula is C29H29NO2. The molecule has 0 radical (unpaired) electrons. The van der Waals surface area contributed by atoms with Crippen LogP contribution in [0.25, 0.3) is 10.8 Å². The summed E-state index contributed by atoms with van der Waals surface area (Å²) in [6.45, 7) is 3.29. The smallest absolute Gasteiger partial charge is 0.255 e. The molecule has 1 atom stereocenters. The topological polar surface area (TPSA) is 29.5 Å². The summed E-state index contributed by atoms with van der Waals surface area (Å²) in [5.74, 6) is 0.945. The molecule has 0 aromatic heterocycles. The molecular weight excluding hydrogens is 394 g/mol. The molecule has 1 aliphatic heterocycles. The van der Waals surface area contributed by atoms with Gasteiger partial charge in [-0.25, -0.2) is 0 Å². The van der Waals surface area contributed by atoms with Gasteiger partial charge in [0.2, 0.25) is 0 Å². The van der Waals surface area contributed by atoms with Crippen molar-refractivity contribution in [2.75, 3.05) is 13.2 Å². The van der Waals surface area contributed by atoms with E-state index in [2.05, 4.69) is 43.3 Å². The molecule has 162 valence electrons. The number of carbonyl (C=O) groups is 1. The minimum absolute atomic E-state index is 0.00817. The number of allylic oxidation sites excluding steroid dienone is 2. The van der Waals surface area contributed by atoms with Gasteiger partial charge in [-0.2, -0.15) is 0 Å². The Morgan fingerprint density at radius 3 is 2.50 bits per heavy atom. The van der Waals surface area contributed by atoms with Gasteiger partial charge in [-0.1, -0.05) is 67.6 Å². The monoisotopic (exact) mass is 423 g/mol. The van der Waals surface area contributed by atoms with E-state index in [1.807, 2.05) is 47.4 Å². The molecule has 3 heteroatoms. The van der Waals surface area contributed by atoms with E-state index in [0.717, 1.165) is 47.8 Å². The molecule has 3 aromatic rings. The Balaban J connectivity index is 1.43. The number of likely N-dealkylation sites (tertiary alicyclic amines) is 1. The number of fused-ring (bicyclic) bond motifs is 2. The third kappa shape index (κ3) is 4.08. The fraction of sp³-hybridized carbons (Fsp3) is 0.276. The summed E-state index contributed by atoms with van der Waals surface area (Å²) in [7, 11) is 0. The molecule has 32 heavy (non-hydrogen) atoms. The largest absolute Gasteiger partial charge is 0.491 e. The van der Waals surface area contributed by atoms with E-state index in [1.165, 1.54) is 16.7 Å². The first kappa shape index (κ1) is 20.6. The molecule has 5 rings (SSSR count). The van der Waals surface area contributed by atoms with Gasteiger partial charge in [-0.15, -0.1) is 0 Å². The van der Waals surface area contributed by atoms with Crippen molar-refractivity contribution in [3.63, 3.8) is 0 Å². The number of ether oxygens (including phenoxy) is 1. The maximum atomic E-state index is 13.8. The van der Waals surface area contributed by atoms with Crippen molar-refractivity contribution in [2.45, 2.75) is 38.6 Å². The number of nitrogens with zero attached hydrogens (tertiary/aromatic N) is 1. The predicted molar refractivity (Wildman–Crippen MR) is 130 cm³/mol. The first-order valence-electron chi connectivity index (χ1n) is 11.6. The molecule has 1 heterocycles. The lowest BCUT2D eigenvalue weighted by Gasteiger charge is -2.39. The first-order chi connectivity index (χ1) is 15.7. The Morgan fingerprint density at radius 1 is 0.938 bits per heavy atom. The lowest BCUT2D eigenvalue weighted by Crippen LogP contribution is -2.48. The van der Waals surface area contributed by atoms with E-state index >= 15 is 0 Å². The van der Waals surface area contributed by atoms with Crippen LogP contribution in [-0.2, 0) is 6.42 Å². The van der Waals surface area contributed by atoms with Crippen LogP contribution < -0.4 is 4.74 Å². The molecule has 0 saturated carbocycles. The quantitative estimate of drug-likeness (QED) is 0.479. The molecule has 3 nitrogen and oxygen atoms in total. The van der Waals surface area contributed by atoms with Gasteiger partial charge in [0.05, 0.1) is 6.04 Å². The second-order valence-corrected chi connectivity index (χ2v) is 8.66. The molecule has 1 saturated heterocycles. The molecule has 0 bridgehead atoms. The fourth-order valence-corrected chi connectivity index (χ4v) is 4.80. The van der Waals surface area contributed by atoms with Gasteiger partial charge in [-0.3, -0.25) is 4.79 Å². The average molecular weight is 424 g/mol. The number of benzene rings is 3. The minimum Gasteiger partial charge on any atom is -0.491 e. The van der Waals surface area contributed by atoms with Gasteiger partial charge in [-0.05, 0) is 71.4 Å². The Bertz CT molecular complexity index is 1180. The number of hydrogen-bond acceptors (Lipinski definition) is 2. The van der Waals surface area contributed by atoms with E-state index in [-0.39, 0.29) is 11.9 Å². The summed E-state index contributed by atoms with van der Waals surface area (Å²) >= 11 is 0. The standard InChI is InChI=1S/C29H29NO2/c1-2-21-14-16-26(17-15-21)32-20-25-18-23-9-3-4-10-24(23)19-30(25)29(31)28-13-7-11-22-8-5-6-12-27(22)28/h5-17,25H,2-4,18-20H2,1H3/t25-/m0/s1. The number of piperidine rings is 1. The van der Waals surface area contributed by atoms with Crippen LogP contribution in [0.2, 0.25) is 0 Å². The van der Waals surface area contributed by atoms with Gasteiger partial charge in [0, 0.05) is 12.1 Å². The third-order valence-corrected chi connectivity index (χ3v) is 6.65. The number of hydrogen-bond donors (Lipinski definition) is 0. The SMILES string of the molecule is CCc1ccc(OC[C@@H]2CC3=CCCC=C3CN2C(=O)c2cccc3ccccc23)cc1. The van der Waals surface area contributed by atoms with Crippen molar-refractivity contribution in [3.8, 4) is 5.75 Å². The summed E-state index contributed by atoms with van der Waals surface area (Å²) in [5.41, 5.74) is 4.75. The summed E-state index contributed by atoms with van der Waals surface area (Å²) < 4.78 is 6.19. The van der Waals surface area contributed by atoms with Gasteiger partial charge in [0.25, 0.3) is 5.91 Å². The van der Waals surface area contributed by atoms with E-state index in [4.69, 9.17) is 4.74 Å². The lowest BCUT2D eigenvalue weighted by atomic mass is 9.87. The highest BCUT2D eigenvalue weighted by Crippen LogP contribution is 2.33. The van der Waals surface area contributed by atoms with Gasteiger partial charge < -0.3 is 9.64 Å². The van der Waals surface area contributed by atoms with E-state index in [9.17, 15) is 4.79 Å². The maximum absolute atomic E-state index is 13.8. The second-order valence-electron chi connectivity index (χ2n) is 8.66. The highest BCUT2D eigenvalue weighted by atomic mass is 16.5. The molecule has 0 N–H and O–H groups in total. The summed E-state index contributed by atoms with van der Waals surface area (Å²) in [6, 6.07) is 22.4. The van der Waals surface area contributed by atoms with E-state index < -0.39 is 0 Å². The van der Waals surface area contributed by atoms with Crippen molar-refractivity contribution in [3.05, 3.63) is 101 Å². The zero-order chi connectivity index (χ0) is 21.9. The van der Waals surface area contributed by atoms with Crippen molar-refractivity contribution in [1.82, 2.24) is 4.90 Å². The number of carbonyl (C=O) groups excluding carboxylic acids is 1. The molecule has 1 amide bonds. The Labute approximate surface area is 190 Å². The van der Waals surface area contributed by atoms with Crippen LogP contribution >= 0.6 is 0 Å². The Hall–Kier alpha value is -3.33. The molecule has 1 aliphatic carbocycles. The Morgan fingerprint density at radius 2 is 1.69 bits per heavy atom. The van der Waals surface area contributed by atoms with Crippen molar-refractivity contribution < 1.29 is 9.53 Å².